The average Bonchev–Trinajstić information content (AvgIpc) is 2.65. The van der Waals surface area contributed by atoms with E-state index in [1.54, 1.807) is 6.20 Å². The zero-order valence-corrected chi connectivity index (χ0v) is 9.99. The zero-order chi connectivity index (χ0) is 11.7. The van der Waals surface area contributed by atoms with E-state index in [0.717, 1.165) is 5.56 Å². The molecule has 1 aromatic heterocycles. The largest absolute Gasteiger partial charge is 0.395 e. The molecule has 0 amide bonds. The number of nitrogens with zero attached hydrogens (tertiary/aromatic N) is 2. The molecule has 0 fully saturated rings. The number of aliphatic hydroxyl groups excluding tert-OH is 1. The molecule has 15 heavy (non-hydrogen) atoms. The quantitative estimate of drug-likeness (QED) is 0.779. The summed E-state index contributed by atoms with van der Waals surface area (Å²) in [6.45, 7) is 8.66. The summed E-state index contributed by atoms with van der Waals surface area (Å²) < 4.78 is 1.89. The second-order valence-electron chi connectivity index (χ2n) is 5.27. The first-order valence-corrected chi connectivity index (χ1v) is 5.20. The van der Waals surface area contributed by atoms with Crippen LogP contribution < -0.4 is 5.73 Å². The van der Waals surface area contributed by atoms with Crippen molar-refractivity contribution in [3.05, 3.63) is 18.0 Å². The molecule has 0 radical (unpaired) electrons. The standard InChI is InChI=1S/C11H21N3O/c1-10(2,3)14-6-9(5-13-14)11(4,7-12)8-15/h5-6,15H,7-8,12H2,1-4H3. The summed E-state index contributed by atoms with van der Waals surface area (Å²) in [5.74, 6) is 0. The van der Waals surface area contributed by atoms with Gasteiger partial charge in [0.2, 0.25) is 0 Å². The van der Waals surface area contributed by atoms with E-state index in [9.17, 15) is 5.11 Å². The van der Waals surface area contributed by atoms with Crippen molar-refractivity contribution in [1.29, 1.82) is 0 Å². The van der Waals surface area contributed by atoms with E-state index in [0.29, 0.717) is 6.54 Å². The van der Waals surface area contributed by atoms with Crippen molar-refractivity contribution >= 4 is 0 Å². The van der Waals surface area contributed by atoms with Gasteiger partial charge in [-0.3, -0.25) is 4.68 Å². The molecule has 0 aliphatic carbocycles. The zero-order valence-electron chi connectivity index (χ0n) is 9.99. The summed E-state index contributed by atoms with van der Waals surface area (Å²) in [6, 6.07) is 0. The minimum absolute atomic E-state index is 0.0385. The van der Waals surface area contributed by atoms with Crippen LogP contribution in [0.25, 0.3) is 0 Å². The van der Waals surface area contributed by atoms with Gasteiger partial charge >= 0.3 is 0 Å². The lowest BCUT2D eigenvalue weighted by molar-refractivity contribution is 0.210. The Morgan fingerprint density at radius 2 is 2.00 bits per heavy atom. The van der Waals surface area contributed by atoms with Gasteiger partial charge in [0.05, 0.1) is 18.3 Å². The average molecular weight is 211 g/mol. The van der Waals surface area contributed by atoms with Crippen LogP contribution in [-0.2, 0) is 11.0 Å². The number of aliphatic hydroxyl groups is 1. The molecule has 1 atom stereocenters. The third-order valence-corrected chi connectivity index (χ3v) is 2.77. The third kappa shape index (κ3) is 2.38. The van der Waals surface area contributed by atoms with Crippen LogP contribution in [0.2, 0.25) is 0 Å². The second kappa shape index (κ2) is 3.94. The van der Waals surface area contributed by atoms with Gasteiger partial charge in [0, 0.05) is 18.2 Å². The molecule has 0 spiro atoms. The summed E-state index contributed by atoms with van der Waals surface area (Å²) in [5, 5.41) is 13.6. The van der Waals surface area contributed by atoms with Gasteiger partial charge in [-0.25, -0.2) is 0 Å². The lowest BCUT2D eigenvalue weighted by atomic mass is 9.85. The number of aromatic nitrogens is 2. The van der Waals surface area contributed by atoms with E-state index in [2.05, 4.69) is 25.9 Å². The van der Waals surface area contributed by atoms with E-state index in [-0.39, 0.29) is 17.6 Å². The number of rotatable bonds is 3. The van der Waals surface area contributed by atoms with Crippen molar-refractivity contribution < 1.29 is 5.11 Å². The number of hydrogen-bond acceptors (Lipinski definition) is 3. The highest BCUT2D eigenvalue weighted by atomic mass is 16.3. The van der Waals surface area contributed by atoms with Gasteiger partial charge in [-0.2, -0.15) is 5.10 Å². The maximum Gasteiger partial charge on any atom is 0.0543 e. The molecule has 0 aliphatic rings. The summed E-state index contributed by atoms with van der Waals surface area (Å²) in [4.78, 5) is 0. The van der Waals surface area contributed by atoms with Gasteiger partial charge in [0.25, 0.3) is 0 Å². The predicted molar refractivity (Wildman–Crippen MR) is 60.7 cm³/mol. The van der Waals surface area contributed by atoms with Gasteiger partial charge in [0.15, 0.2) is 0 Å². The van der Waals surface area contributed by atoms with Crippen molar-refractivity contribution in [2.24, 2.45) is 5.73 Å². The van der Waals surface area contributed by atoms with Gasteiger partial charge < -0.3 is 10.8 Å². The molecule has 0 bridgehead atoms. The first-order chi connectivity index (χ1) is 6.83. The summed E-state index contributed by atoms with van der Waals surface area (Å²) in [6.07, 6.45) is 3.75. The van der Waals surface area contributed by atoms with Crippen molar-refractivity contribution in [2.75, 3.05) is 13.2 Å². The van der Waals surface area contributed by atoms with Crippen LogP contribution in [0.1, 0.15) is 33.3 Å². The van der Waals surface area contributed by atoms with Crippen LogP contribution >= 0.6 is 0 Å². The van der Waals surface area contributed by atoms with Crippen LogP contribution in [-0.4, -0.2) is 28.0 Å². The highest BCUT2D eigenvalue weighted by molar-refractivity contribution is 5.19. The van der Waals surface area contributed by atoms with E-state index in [4.69, 9.17) is 5.73 Å². The topological polar surface area (TPSA) is 64.1 Å². The highest BCUT2D eigenvalue weighted by Gasteiger charge is 2.27. The molecule has 1 rings (SSSR count). The minimum Gasteiger partial charge on any atom is -0.395 e. The highest BCUT2D eigenvalue weighted by Crippen LogP contribution is 2.23. The molecule has 0 aromatic carbocycles. The van der Waals surface area contributed by atoms with Gasteiger partial charge in [0.1, 0.15) is 0 Å². The third-order valence-electron chi connectivity index (χ3n) is 2.77. The minimum atomic E-state index is -0.385. The smallest absolute Gasteiger partial charge is 0.0543 e. The summed E-state index contributed by atoms with van der Waals surface area (Å²) in [7, 11) is 0. The van der Waals surface area contributed by atoms with E-state index < -0.39 is 0 Å². The molecule has 4 nitrogen and oxygen atoms in total. The monoisotopic (exact) mass is 211 g/mol. The van der Waals surface area contributed by atoms with Crippen molar-refractivity contribution in [3.63, 3.8) is 0 Å². The first kappa shape index (κ1) is 12.2. The molecule has 1 heterocycles. The Labute approximate surface area is 91.1 Å². The first-order valence-electron chi connectivity index (χ1n) is 5.20. The molecule has 1 aromatic rings. The second-order valence-corrected chi connectivity index (χ2v) is 5.27. The normalized spacial score (nSPS) is 16.4. The number of nitrogens with two attached hydrogens (primary N) is 1. The van der Waals surface area contributed by atoms with Crippen molar-refractivity contribution in [1.82, 2.24) is 9.78 Å². The van der Waals surface area contributed by atoms with Crippen LogP contribution in [0.5, 0.6) is 0 Å². The van der Waals surface area contributed by atoms with Gasteiger partial charge in [-0.1, -0.05) is 6.92 Å². The Balaban J connectivity index is 3.03. The molecule has 86 valence electrons. The van der Waals surface area contributed by atoms with Crippen LogP contribution in [0.4, 0.5) is 0 Å². The maximum absolute atomic E-state index is 9.33. The van der Waals surface area contributed by atoms with Crippen LogP contribution in [0, 0.1) is 0 Å². The van der Waals surface area contributed by atoms with E-state index >= 15 is 0 Å². The van der Waals surface area contributed by atoms with Gasteiger partial charge in [-0.05, 0) is 26.3 Å². The Morgan fingerprint density at radius 3 is 2.33 bits per heavy atom. The summed E-state index contributed by atoms with van der Waals surface area (Å²) >= 11 is 0. The molecule has 0 saturated carbocycles. The van der Waals surface area contributed by atoms with Crippen molar-refractivity contribution in [2.45, 2.75) is 38.6 Å². The molecule has 4 heteroatoms. The molecular formula is C11H21N3O. The SMILES string of the molecule is CC(CN)(CO)c1cnn(C(C)(C)C)c1. The van der Waals surface area contributed by atoms with E-state index in [1.807, 2.05) is 17.8 Å². The van der Waals surface area contributed by atoms with Crippen LogP contribution in [0.3, 0.4) is 0 Å². The Hall–Kier alpha value is -0.870. The molecule has 1 unspecified atom stereocenters. The van der Waals surface area contributed by atoms with E-state index in [1.165, 1.54) is 0 Å². The van der Waals surface area contributed by atoms with Crippen molar-refractivity contribution in [3.8, 4) is 0 Å². The predicted octanol–water partition coefficient (Wildman–Crippen LogP) is 0.847. The Morgan fingerprint density at radius 1 is 1.40 bits per heavy atom. The molecule has 3 N–H and O–H groups in total. The van der Waals surface area contributed by atoms with Gasteiger partial charge in [-0.15, -0.1) is 0 Å². The fraction of sp³-hybridized carbons (Fsp3) is 0.727. The molecule has 0 aliphatic heterocycles. The number of hydrogen-bond donors (Lipinski definition) is 2. The fourth-order valence-corrected chi connectivity index (χ4v) is 1.28. The Kier molecular flexibility index (Phi) is 3.21. The molecule has 0 saturated heterocycles. The fourth-order valence-electron chi connectivity index (χ4n) is 1.28. The Bertz CT molecular complexity index is 321. The summed E-state index contributed by atoms with van der Waals surface area (Å²) in [5.41, 5.74) is 6.24. The lowest BCUT2D eigenvalue weighted by Crippen LogP contribution is -2.35. The maximum atomic E-state index is 9.33. The lowest BCUT2D eigenvalue weighted by Gasteiger charge is -2.24. The molecular weight excluding hydrogens is 190 g/mol. The van der Waals surface area contributed by atoms with Crippen LogP contribution in [0.15, 0.2) is 12.4 Å².